The Morgan fingerprint density at radius 2 is 1.60 bits per heavy atom. The lowest BCUT2D eigenvalue weighted by Gasteiger charge is -2.22. The van der Waals surface area contributed by atoms with E-state index in [1.807, 2.05) is 104 Å². The van der Waals surface area contributed by atoms with Crippen molar-refractivity contribution in [3.8, 4) is 22.6 Å². The van der Waals surface area contributed by atoms with E-state index in [9.17, 15) is 43.1 Å². The van der Waals surface area contributed by atoms with Gasteiger partial charge in [0.25, 0.3) is 5.56 Å². The first-order valence-corrected chi connectivity index (χ1v) is 30.3. The van der Waals surface area contributed by atoms with Gasteiger partial charge in [0.05, 0.1) is 48.3 Å². The third-order valence-electron chi connectivity index (χ3n) is 13.0. The predicted molar refractivity (Wildman–Crippen MR) is 337 cm³/mol. The average Bonchev–Trinajstić information content (AvgIpc) is 1.91. The number of primary amides is 1. The highest BCUT2D eigenvalue weighted by atomic mass is 32.1. The molecule has 0 fully saturated rings. The van der Waals surface area contributed by atoms with E-state index in [-0.39, 0.29) is 62.1 Å². The summed E-state index contributed by atoms with van der Waals surface area (Å²) < 4.78 is 28.3. The second kappa shape index (κ2) is 41.5. The molecule has 3 aliphatic rings. The Balaban J connectivity index is 0.000000420. The summed E-state index contributed by atoms with van der Waals surface area (Å²) in [5.74, 6) is -2.32. The van der Waals surface area contributed by atoms with Crippen LogP contribution in [0.4, 0.5) is 4.39 Å². The van der Waals surface area contributed by atoms with Gasteiger partial charge >= 0.3 is 5.97 Å². The maximum absolute atomic E-state index is 14.5. The Hall–Kier alpha value is -8.62. The lowest BCUT2D eigenvalue weighted by molar-refractivity contribution is -0.157. The number of hydrogen-bond donors (Lipinski definition) is 8. The number of aliphatic hydroxyl groups is 1. The quantitative estimate of drug-likeness (QED) is 0.0134. The van der Waals surface area contributed by atoms with Crippen molar-refractivity contribution in [2.75, 3.05) is 33.0 Å². The van der Waals surface area contributed by atoms with Crippen LogP contribution < -0.4 is 37.9 Å². The van der Waals surface area contributed by atoms with Crippen molar-refractivity contribution in [1.29, 1.82) is 0 Å². The number of aromatic amines is 1. The number of nitrogens with zero attached hydrogens (tertiary/aromatic N) is 6. The Morgan fingerprint density at radius 1 is 0.909 bits per heavy atom. The van der Waals surface area contributed by atoms with E-state index in [1.165, 1.54) is 6.07 Å². The minimum atomic E-state index is -1.48. The van der Waals surface area contributed by atoms with Gasteiger partial charge in [0.2, 0.25) is 36.4 Å². The molecule has 9 rings (SSSR count). The smallest absolute Gasteiger partial charge is 0.340 e. The van der Waals surface area contributed by atoms with Gasteiger partial charge in [0.15, 0.2) is 10.9 Å². The van der Waals surface area contributed by atoms with Gasteiger partial charge in [-0.1, -0.05) is 97.4 Å². The minimum Gasteiger partial charge on any atom is -0.458 e. The van der Waals surface area contributed by atoms with Crippen molar-refractivity contribution in [2.24, 2.45) is 5.73 Å². The normalized spacial score (nSPS) is 12.6. The zero-order valence-electron chi connectivity index (χ0n) is 52.5. The number of H-pyrrole nitrogens is 1. The fraction of sp³-hybridized carbons (Fsp3) is 0.468. The summed E-state index contributed by atoms with van der Waals surface area (Å²) in [6.45, 7) is 23.3. The lowest BCUT2D eigenvalue weighted by Crippen LogP contribution is -2.51. The minimum absolute atomic E-state index is 0.0623. The molecule has 480 valence electrons. The molecule has 1 aliphatic carbocycles. The van der Waals surface area contributed by atoms with Crippen LogP contribution in [-0.4, -0.2) is 121 Å². The highest BCUT2D eigenvalue weighted by Crippen LogP contribution is 2.42. The SMILES string of the molecule is CC.CC.CC.CC.CCNC(=O)CCCCCn1cc(-c2cnc(=S)[nH]c2)nn1.CCOCNC(=O)CNC(=O)C(Cc1ccccc1)NC(=O)CNC=O.Cc1c(F)cc2nc3c(c4c2c1CCC4)Cn1c-3cc2c(c1=O)COC(=O)C2O.NC=O. The predicted octanol–water partition coefficient (Wildman–Crippen LogP) is 6.44. The van der Waals surface area contributed by atoms with E-state index in [2.05, 4.69) is 52.6 Å². The zero-order valence-corrected chi connectivity index (χ0v) is 53.3. The molecule has 6 amide bonds. The molecule has 0 bridgehead atoms. The molecule has 0 spiro atoms. The summed E-state index contributed by atoms with van der Waals surface area (Å²) in [7, 11) is 0. The van der Waals surface area contributed by atoms with Gasteiger partial charge in [-0.3, -0.25) is 38.2 Å². The number of esters is 1. The van der Waals surface area contributed by atoms with Gasteiger partial charge in [-0.15, -0.1) is 5.10 Å². The summed E-state index contributed by atoms with van der Waals surface area (Å²) >= 11 is 4.91. The number of halogens is 1. The van der Waals surface area contributed by atoms with Gasteiger partial charge in [-0.25, -0.2) is 19.2 Å². The van der Waals surface area contributed by atoms with E-state index < -0.39 is 35.8 Å². The van der Waals surface area contributed by atoms with Crippen LogP contribution in [0, 0.1) is 17.5 Å². The molecule has 2 aliphatic heterocycles. The van der Waals surface area contributed by atoms with E-state index in [4.69, 9.17) is 31.5 Å². The first kappa shape index (κ1) is 75.5. The van der Waals surface area contributed by atoms with Gasteiger partial charge in [0, 0.05) is 73.1 Å². The molecule has 0 saturated heterocycles. The van der Waals surface area contributed by atoms with Crippen LogP contribution in [0.5, 0.6) is 0 Å². The highest BCUT2D eigenvalue weighted by molar-refractivity contribution is 7.71. The van der Waals surface area contributed by atoms with E-state index in [0.29, 0.717) is 65.3 Å². The van der Waals surface area contributed by atoms with Crippen LogP contribution >= 0.6 is 12.2 Å². The summed E-state index contributed by atoms with van der Waals surface area (Å²) in [6.07, 6.45) is 10.8. The van der Waals surface area contributed by atoms with Crippen LogP contribution in [0.15, 0.2) is 65.8 Å². The molecular formula is C62H88FN13O11S. The summed E-state index contributed by atoms with van der Waals surface area (Å²) in [5, 5.41) is 32.0. The molecule has 2 aromatic carbocycles. The second-order valence-electron chi connectivity index (χ2n) is 18.3. The molecule has 26 heteroatoms. The molecule has 4 aromatic heterocycles. The number of hydrogen-bond acceptors (Lipinski definition) is 16. The monoisotopic (exact) mass is 1240 g/mol. The summed E-state index contributed by atoms with van der Waals surface area (Å²) in [4.78, 5) is 102. The molecular weight excluding hydrogens is 1150 g/mol. The number of carbonyl (C=O) groups excluding carboxylic acids is 7. The van der Waals surface area contributed by atoms with Crippen molar-refractivity contribution < 1.29 is 52.5 Å². The van der Waals surface area contributed by atoms with Crippen LogP contribution in [0.2, 0.25) is 0 Å². The number of cyclic esters (lactones) is 1. The van der Waals surface area contributed by atoms with Crippen molar-refractivity contribution in [1.82, 2.24) is 61.1 Å². The van der Waals surface area contributed by atoms with E-state index in [1.54, 1.807) is 36.9 Å². The maximum Gasteiger partial charge on any atom is 0.340 e. The Morgan fingerprint density at radius 3 is 2.25 bits per heavy atom. The first-order chi connectivity index (χ1) is 42.6. The Labute approximate surface area is 518 Å². The number of amides is 6. The van der Waals surface area contributed by atoms with Crippen molar-refractivity contribution in [3.05, 3.63) is 121 Å². The third kappa shape index (κ3) is 22.3. The van der Waals surface area contributed by atoms with Crippen LogP contribution in [0.25, 0.3) is 33.5 Å². The molecule has 9 N–H and O–H groups in total. The Kier molecular flexibility index (Phi) is 35.6. The van der Waals surface area contributed by atoms with Gasteiger partial charge in [-0.05, 0) is 93.4 Å². The lowest BCUT2D eigenvalue weighted by atomic mass is 9.85. The highest BCUT2D eigenvalue weighted by Gasteiger charge is 2.35. The Bertz CT molecular complexity index is 3300. The van der Waals surface area contributed by atoms with Crippen LogP contribution in [-0.2, 0) is 82.0 Å². The number of unbranched alkanes of at least 4 members (excludes halogenated alkanes) is 2. The standard InChI is InChI=1S/C22H17FN2O4.C17H24N4O5.C14H20N6OS.4C2H6.CH3NO/c1-9-10-3-2-4-11-13-7-25-17(19(13)24-16(18(10)11)6-15(9)23)5-12-14(21(25)27)8-29-22(28)20(12)26;1-2-26-12-20-15(23)10-19-17(25)14(21-16(24)9-18-11-22)8-13-6-4-3-5-7-13;1-2-15-13(21)6-4-3-5-7-20-10-12(18-19-20)11-8-16-14(22)17-9-11;4*1-2;2-1-3/h5-6,20,26H,2-4,7-8H2,1H3;3-7,11,14H,2,8-10,12H2,1H3,(H,18,22)(H,19,25)(H,20,23)(H,21,24);8-10H,2-7H2,1H3,(H,15,21)(H,16,17,22);4*1-2H3;1H,(H2,2,3). The van der Waals surface area contributed by atoms with Gasteiger partial charge in [-0.2, -0.15) is 0 Å². The number of nitrogens with two attached hydrogens (primary N) is 1. The van der Waals surface area contributed by atoms with Crippen molar-refractivity contribution in [3.63, 3.8) is 0 Å². The molecule has 2 atom stereocenters. The maximum atomic E-state index is 14.5. The number of fused-ring (bicyclic) bond motifs is 5. The molecule has 24 nitrogen and oxygen atoms in total. The number of pyridine rings is 2. The average molecular weight is 1240 g/mol. The second-order valence-corrected chi connectivity index (χ2v) is 18.7. The van der Waals surface area contributed by atoms with Gasteiger partial charge in [0.1, 0.15) is 30.9 Å². The molecule has 0 saturated carbocycles. The number of nitrogens with one attached hydrogen (secondary N) is 6. The van der Waals surface area contributed by atoms with Gasteiger partial charge < -0.3 is 56.4 Å². The van der Waals surface area contributed by atoms with E-state index >= 15 is 0 Å². The fourth-order valence-electron chi connectivity index (χ4n) is 9.13. The fourth-order valence-corrected chi connectivity index (χ4v) is 9.24. The third-order valence-corrected chi connectivity index (χ3v) is 13.2. The zero-order chi connectivity index (χ0) is 65.7. The number of aromatic nitrogens is 7. The number of ether oxygens (including phenoxy) is 2. The summed E-state index contributed by atoms with van der Waals surface area (Å²) in [5.41, 5.74) is 12.5. The molecule has 0 radical (unpaired) electrons. The van der Waals surface area contributed by atoms with Crippen LogP contribution in [0.1, 0.15) is 146 Å². The number of rotatable bonds is 20. The molecule has 2 unspecified atom stereocenters. The molecule has 6 aromatic rings. The topological polar surface area (TPSA) is 339 Å². The van der Waals surface area contributed by atoms with E-state index in [0.717, 1.165) is 84.0 Å². The molecule has 88 heavy (non-hydrogen) atoms. The first-order valence-electron chi connectivity index (χ1n) is 29.9. The number of carbonyl (C=O) groups is 7. The number of aryl methyl sites for hydroxylation is 3. The summed E-state index contributed by atoms with van der Waals surface area (Å²) in [6, 6.07) is 11.4. The van der Waals surface area contributed by atoms with Crippen molar-refractivity contribution >= 4 is 65.5 Å². The van der Waals surface area contributed by atoms with Crippen molar-refractivity contribution in [2.45, 2.75) is 159 Å². The largest absolute Gasteiger partial charge is 0.458 e. The number of aliphatic hydroxyl groups excluding tert-OH is 1. The molecule has 6 heterocycles. The number of benzene rings is 2. The van der Waals surface area contributed by atoms with Crippen LogP contribution in [0.3, 0.4) is 0 Å².